The van der Waals surface area contributed by atoms with Gasteiger partial charge in [0.25, 0.3) is 0 Å². The number of benzene rings is 2. The summed E-state index contributed by atoms with van der Waals surface area (Å²) >= 11 is 0. The van der Waals surface area contributed by atoms with E-state index in [1.54, 1.807) is 49.1 Å². The molecule has 0 saturated heterocycles. The predicted molar refractivity (Wildman–Crippen MR) is 209 cm³/mol. The first kappa shape index (κ1) is 39.0. The molecule has 0 spiro atoms. The molecule has 0 aliphatic rings. The van der Waals surface area contributed by atoms with Crippen LogP contribution in [-0.4, -0.2) is 43.4 Å². The third-order valence-corrected chi connectivity index (χ3v) is 8.96. The molecule has 58 heavy (non-hydrogen) atoms. The fraction of sp³-hybridized carbons (Fsp3) is 0.0909. The minimum Gasteiger partial charge on any atom is -0.481 e. The molecule has 0 aliphatic heterocycles. The summed E-state index contributed by atoms with van der Waals surface area (Å²) in [4.78, 5) is 8.03. The second kappa shape index (κ2) is 16.5. The van der Waals surface area contributed by atoms with Gasteiger partial charge in [-0.1, -0.05) is 60.7 Å². The van der Waals surface area contributed by atoms with Gasteiger partial charge in [-0.25, -0.2) is 0 Å². The standard InChI is InChI=1S/2C22H16F3N3O/c2*1-29-21-8-7-17(19-14-20(22(23,24)25)27-28(19)21)18(16-5-3-2-4-6-16)13-15-9-11-26-12-10-15/h2*2-14H,1H3/b18-13+;18-13-. The number of halogens is 6. The molecule has 292 valence electrons. The second-order valence-corrected chi connectivity index (χ2v) is 12.6. The van der Waals surface area contributed by atoms with Gasteiger partial charge in [0.2, 0.25) is 11.8 Å². The second-order valence-electron chi connectivity index (χ2n) is 12.6. The first-order valence-corrected chi connectivity index (χ1v) is 17.6. The maximum absolute atomic E-state index is 13.3. The van der Waals surface area contributed by atoms with E-state index < -0.39 is 23.7 Å². The molecule has 2 aromatic carbocycles. The highest BCUT2D eigenvalue weighted by Gasteiger charge is 2.36. The van der Waals surface area contributed by atoms with Gasteiger partial charge in [-0.15, -0.1) is 0 Å². The van der Waals surface area contributed by atoms with Crippen LogP contribution < -0.4 is 9.47 Å². The number of methoxy groups -OCH3 is 2. The van der Waals surface area contributed by atoms with Crippen LogP contribution in [0.2, 0.25) is 0 Å². The van der Waals surface area contributed by atoms with Crippen LogP contribution in [0, 0.1) is 0 Å². The van der Waals surface area contributed by atoms with Crippen LogP contribution in [0.25, 0.3) is 34.3 Å². The third kappa shape index (κ3) is 8.45. The molecular formula is C44H32F6N6O2. The number of fused-ring (bicyclic) bond motifs is 2. The van der Waals surface area contributed by atoms with Crippen molar-refractivity contribution in [2.75, 3.05) is 14.2 Å². The Morgan fingerprint density at radius 2 is 0.862 bits per heavy atom. The summed E-state index contributed by atoms with van der Waals surface area (Å²) in [7, 11) is 2.79. The highest BCUT2D eigenvalue weighted by Crippen LogP contribution is 2.37. The van der Waals surface area contributed by atoms with E-state index in [4.69, 9.17) is 9.47 Å². The number of hydrogen-bond donors (Lipinski definition) is 0. The number of nitrogens with zero attached hydrogens (tertiary/aromatic N) is 6. The average Bonchev–Trinajstić information content (AvgIpc) is 3.91. The monoisotopic (exact) mass is 790 g/mol. The highest BCUT2D eigenvalue weighted by molar-refractivity contribution is 5.97. The lowest BCUT2D eigenvalue weighted by Gasteiger charge is -2.12. The molecule has 0 radical (unpaired) electrons. The number of rotatable bonds is 8. The summed E-state index contributed by atoms with van der Waals surface area (Å²) in [6.07, 6.45) is 1.37. The summed E-state index contributed by atoms with van der Waals surface area (Å²) in [6.45, 7) is 0. The van der Waals surface area contributed by atoms with Crippen molar-refractivity contribution in [1.29, 1.82) is 0 Å². The first-order valence-electron chi connectivity index (χ1n) is 17.6. The van der Waals surface area contributed by atoms with Gasteiger partial charge in [0.05, 0.1) is 25.3 Å². The van der Waals surface area contributed by atoms with E-state index in [2.05, 4.69) is 20.2 Å². The molecule has 8 aromatic rings. The zero-order valence-electron chi connectivity index (χ0n) is 30.8. The van der Waals surface area contributed by atoms with Crippen molar-refractivity contribution in [3.05, 3.63) is 191 Å². The van der Waals surface area contributed by atoms with Crippen molar-refractivity contribution in [1.82, 2.24) is 29.2 Å². The summed E-state index contributed by atoms with van der Waals surface area (Å²) in [5.74, 6) is 0.436. The number of alkyl halides is 6. The molecule has 0 unspecified atom stereocenters. The summed E-state index contributed by atoms with van der Waals surface area (Å²) < 4.78 is 92.8. The fourth-order valence-electron chi connectivity index (χ4n) is 6.27. The number of pyridine rings is 4. The Morgan fingerprint density at radius 3 is 1.19 bits per heavy atom. The maximum atomic E-state index is 13.3. The van der Waals surface area contributed by atoms with Gasteiger partial charge in [0.15, 0.2) is 11.4 Å². The van der Waals surface area contributed by atoms with E-state index in [1.165, 1.54) is 23.3 Å². The Bertz CT molecular complexity index is 2520. The fourth-order valence-corrected chi connectivity index (χ4v) is 6.27. The van der Waals surface area contributed by atoms with Crippen LogP contribution in [-0.2, 0) is 12.4 Å². The lowest BCUT2D eigenvalue weighted by Crippen LogP contribution is -2.06. The molecule has 0 bridgehead atoms. The zero-order chi connectivity index (χ0) is 40.9. The van der Waals surface area contributed by atoms with Crippen molar-refractivity contribution in [3.63, 3.8) is 0 Å². The Hall–Kier alpha value is -7.22. The molecule has 6 heterocycles. The van der Waals surface area contributed by atoms with Gasteiger partial charge in [0.1, 0.15) is 0 Å². The molecule has 0 fully saturated rings. The van der Waals surface area contributed by atoms with Crippen molar-refractivity contribution in [3.8, 4) is 11.8 Å². The Morgan fingerprint density at radius 1 is 0.500 bits per heavy atom. The molecular weight excluding hydrogens is 759 g/mol. The average molecular weight is 791 g/mol. The summed E-state index contributed by atoms with van der Waals surface area (Å²) in [5, 5.41) is 7.46. The molecule has 14 heteroatoms. The Kier molecular flexibility index (Phi) is 11.1. The number of hydrogen-bond acceptors (Lipinski definition) is 6. The van der Waals surface area contributed by atoms with Crippen LogP contribution in [0.5, 0.6) is 11.8 Å². The predicted octanol–water partition coefficient (Wildman–Crippen LogP) is 10.7. The lowest BCUT2D eigenvalue weighted by atomic mass is 9.95. The van der Waals surface area contributed by atoms with Crippen molar-refractivity contribution in [2.24, 2.45) is 0 Å². The Balaban J connectivity index is 0.000000177. The zero-order valence-corrected chi connectivity index (χ0v) is 30.8. The van der Waals surface area contributed by atoms with Crippen molar-refractivity contribution in [2.45, 2.75) is 12.4 Å². The van der Waals surface area contributed by atoms with Gasteiger partial charge in [-0.2, -0.15) is 45.6 Å². The van der Waals surface area contributed by atoms with Crippen LogP contribution in [0.3, 0.4) is 0 Å². The van der Waals surface area contributed by atoms with Gasteiger partial charge in [-0.05, 0) is 94.1 Å². The summed E-state index contributed by atoms with van der Waals surface area (Å²) in [6, 6.07) is 35.1. The number of ether oxygens (including phenoxy) is 2. The van der Waals surface area contributed by atoms with Crippen LogP contribution in [0.1, 0.15) is 44.8 Å². The molecule has 0 amide bonds. The lowest BCUT2D eigenvalue weighted by molar-refractivity contribution is -0.142. The van der Waals surface area contributed by atoms with Gasteiger partial charge in [0, 0.05) is 48.0 Å². The van der Waals surface area contributed by atoms with Crippen LogP contribution in [0.15, 0.2) is 146 Å². The molecule has 8 nitrogen and oxygen atoms in total. The molecule has 0 N–H and O–H groups in total. The molecule has 0 atom stereocenters. The van der Waals surface area contributed by atoms with Gasteiger partial charge < -0.3 is 9.47 Å². The quantitative estimate of drug-likeness (QED) is 0.143. The Labute approximate surface area is 328 Å². The van der Waals surface area contributed by atoms with E-state index in [1.807, 2.05) is 97.1 Å². The molecule has 0 aliphatic carbocycles. The maximum Gasteiger partial charge on any atom is 0.435 e. The van der Waals surface area contributed by atoms with E-state index in [0.29, 0.717) is 22.2 Å². The largest absolute Gasteiger partial charge is 0.481 e. The van der Waals surface area contributed by atoms with E-state index in [-0.39, 0.29) is 11.8 Å². The molecule has 6 aromatic heterocycles. The molecule has 0 saturated carbocycles. The van der Waals surface area contributed by atoms with E-state index in [0.717, 1.165) is 45.5 Å². The molecule has 8 rings (SSSR count). The van der Waals surface area contributed by atoms with E-state index in [9.17, 15) is 26.3 Å². The number of aromatic nitrogens is 6. The van der Waals surface area contributed by atoms with Gasteiger partial charge >= 0.3 is 12.4 Å². The normalized spacial score (nSPS) is 12.3. The van der Waals surface area contributed by atoms with Crippen molar-refractivity contribution >= 4 is 34.3 Å². The third-order valence-electron chi connectivity index (χ3n) is 8.96. The smallest absolute Gasteiger partial charge is 0.435 e. The first-order chi connectivity index (χ1) is 27.9. The minimum absolute atomic E-state index is 0.218. The SMILES string of the molecule is COc1ccc(/C(=C/c2ccncc2)c2ccccc2)c2cc(C(F)(F)F)nn12.COc1ccc(/C(=C\c2ccncc2)c2ccccc2)c2cc(C(F)(F)F)nn12. The van der Waals surface area contributed by atoms with E-state index >= 15 is 0 Å². The van der Waals surface area contributed by atoms with Crippen LogP contribution >= 0.6 is 0 Å². The highest BCUT2D eigenvalue weighted by atomic mass is 19.4. The van der Waals surface area contributed by atoms with Gasteiger partial charge in [-0.3, -0.25) is 9.97 Å². The summed E-state index contributed by atoms with van der Waals surface area (Å²) in [5.41, 5.74) is 4.90. The van der Waals surface area contributed by atoms with Crippen LogP contribution in [0.4, 0.5) is 26.3 Å². The minimum atomic E-state index is -4.56. The van der Waals surface area contributed by atoms with Crippen molar-refractivity contribution < 1.29 is 35.8 Å². The topological polar surface area (TPSA) is 78.8 Å².